The minimum Gasteiger partial charge on any atom is -0.304 e. The van der Waals surface area contributed by atoms with Crippen LogP contribution < -0.4 is 11.1 Å². The number of hydrogen-bond acceptors (Lipinski definition) is 5. The van der Waals surface area contributed by atoms with Gasteiger partial charge < -0.3 is 5.10 Å². The fourth-order valence-electron chi connectivity index (χ4n) is 2.37. The van der Waals surface area contributed by atoms with Crippen LogP contribution in [-0.4, -0.2) is 20.6 Å². The van der Waals surface area contributed by atoms with E-state index < -0.39 is 0 Å². The summed E-state index contributed by atoms with van der Waals surface area (Å²) in [5.41, 5.74) is 9.21. The Hall–Kier alpha value is -2.12. The number of nitrogens with zero attached hydrogens (tertiary/aromatic N) is 3. The van der Waals surface area contributed by atoms with Crippen molar-refractivity contribution in [2.45, 2.75) is 26.9 Å². The van der Waals surface area contributed by atoms with Crippen LogP contribution in [-0.2, 0) is 13.1 Å². The van der Waals surface area contributed by atoms with Gasteiger partial charge in [0.1, 0.15) is 4.64 Å². The third-order valence-corrected chi connectivity index (χ3v) is 3.86. The number of rotatable bonds is 4. The molecule has 21 heavy (non-hydrogen) atoms. The number of hydrazone groups is 1. The zero-order chi connectivity index (χ0) is 14.8. The summed E-state index contributed by atoms with van der Waals surface area (Å²) in [5, 5.41) is 9.39. The zero-order valence-corrected chi connectivity index (χ0v) is 12.9. The van der Waals surface area contributed by atoms with E-state index in [2.05, 4.69) is 52.5 Å². The van der Waals surface area contributed by atoms with Crippen LogP contribution in [0.3, 0.4) is 0 Å². The molecule has 0 fully saturated rings. The summed E-state index contributed by atoms with van der Waals surface area (Å²) >= 11 is 5.47. The second-order valence-electron chi connectivity index (χ2n) is 4.97. The van der Waals surface area contributed by atoms with E-state index in [1.54, 1.807) is 0 Å². The molecule has 0 spiro atoms. The highest BCUT2D eigenvalue weighted by atomic mass is 32.1. The van der Waals surface area contributed by atoms with Gasteiger partial charge in [0, 0.05) is 12.7 Å². The van der Waals surface area contributed by atoms with Gasteiger partial charge in [-0.05, 0) is 19.4 Å². The summed E-state index contributed by atoms with van der Waals surface area (Å²) in [4.78, 5) is 0. The molecule has 0 radical (unpaired) electrons. The summed E-state index contributed by atoms with van der Waals surface area (Å²) < 4.78 is 2.67. The van der Waals surface area contributed by atoms with E-state index >= 15 is 0 Å². The summed E-state index contributed by atoms with van der Waals surface area (Å²) in [5.74, 6) is 0.796. The summed E-state index contributed by atoms with van der Waals surface area (Å²) in [7, 11) is 0. The Morgan fingerprint density at radius 2 is 2.19 bits per heavy atom. The number of aryl methyl sites for hydroxylation is 2. The molecule has 1 aliphatic heterocycles. The van der Waals surface area contributed by atoms with E-state index in [4.69, 9.17) is 12.2 Å². The lowest BCUT2D eigenvalue weighted by molar-refractivity contribution is 0.288. The first-order valence-electron chi connectivity index (χ1n) is 6.89. The van der Waals surface area contributed by atoms with Crippen LogP contribution in [0.25, 0.3) is 0 Å². The summed E-state index contributed by atoms with van der Waals surface area (Å²) in [6.07, 6.45) is 1.89. The minimum atomic E-state index is 0.708. The molecule has 2 heterocycles. The van der Waals surface area contributed by atoms with Crippen molar-refractivity contribution >= 4 is 18.1 Å². The third-order valence-electron chi connectivity index (χ3n) is 3.42. The van der Waals surface area contributed by atoms with Crippen molar-refractivity contribution in [1.82, 2.24) is 25.9 Å². The van der Waals surface area contributed by atoms with Gasteiger partial charge >= 0.3 is 0 Å². The molecular weight excluding hydrogens is 284 g/mol. The Morgan fingerprint density at radius 3 is 2.90 bits per heavy atom. The first-order chi connectivity index (χ1) is 10.2. The van der Waals surface area contributed by atoms with Crippen LogP contribution in [0.1, 0.15) is 23.6 Å². The average molecular weight is 302 g/mol. The Morgan fingerprint density at radius 1 is 1.33 bits per heavy atom. The molecule has 0 amide bonds. The van der Waals surface area contributed by atoms with Crippen molar-refractivity contribution in [3.8, 4) is 0 Å². The predicted molar refractivity (Wildman–Crippen MR) is 84.8 cm³/mol. The fraction of sp³-hybridized carbons (Fsp3) is 0.286. The topological polar surface area (TPSA) is 60.4 Å². The van der Waals surface area contributed by atoms with E-state index in [0.29, 0.717) is 6.54 Å². The molecule has 7 heteroatoms. The Bertz CT molecular complexity index is 729. The first-order valence-corrected chi connectivity index (χ1v) is 7.30. The number of aromatic amines is 1. The molecule has 2 aromatic rings. The first kappa shape index (κ1) is 13.8. The van der Waals surface area contributed by atoms with Crippen molar-refractivity contribution in [2.75, 3.05) is 0 Å². The summed E-state index contributed by atoms with van der Waals surface area (Å²) in [6.45, 7) is 5.66. The maximum atomic E-state index is 5.47. The number of amidine groups is 1. The van der Waals surface area contributed by atoms with Crippen LogP contribution in [0.5, 0.6) is 0 Å². The van der Waals surface area contributed by atoms with Gasteiger partial charge in [-0.25, -0.2) is 5.53 Å². The van der Waals surface area contributed by atoms with E-state index in [9.17, 15) is 0 Å². The molecule has 0 atom stereocenters. The molecular formula is C14H18N6S. The van der Waals surface area contributed by atoms with Crippen molar-refractivity contribution in [2.24, 2.45) is 5.10 Å². The van der Waals surface area contributed by atoms with Crippen molar-refractivity contribution in [1.29, 1.82) is 0 Å². The fourth-order valence-corrected chi connectivity index (χ4v) is 2.70. The predicted octanol–water partition coefficient (Wildman–Crippen LogP) is 2.06. The number of nitrogens with one attached hydrogen (secondary N) is 3. The Kier molecular flexibility index (Phi) is 3.76. The summed E-state index contributed by atoms with van der Waals surface area (Å²) in [6, 6.07) is 8.41. The number of benzene rings is 1. The molecule has 6 nitrogen and oxygen atoms in total. The van der Waals surface area contributed by atoms with Gasteiger partial charge in [-0.3, -0.25) is 9.69 Å². The standard InChI is InChI=1S/C14H18N6S/c1-3-19-14(21)12(8-15-19)13-16-17-18-20(13)9-11-6-4-5-10(2)7-11/h4-8,15,17-18H,3,9H2,1-2H3. The molecule has 3 rings (SSSR count). The zero-order valence-electron chi connectivity index (χ0n) is 12.1. The quantitative estimate of drug-likeness (QED) is 0.757. The van der Waals surface area contributed by atoms with Gasteiger partial charge in [-0.15, -0.1) is 10.6 Å². The maximum Gasteiger partial charge on any atom is 0.177 e. The number of hydrazine groups is 2. The molecule has 0 bridgehead atoms. The van der Waals surface area contributed by atoms with Crippen LogP contribution in [0, 0.1) is 11.6 Å². The van der Waals surface area contributed by atoms with Crippen LogP contribution in [0.15, 0.2) is 35.6 Å². The highest BCUT2D eigenvalue weighted by Gasteiger charge is 2.21. The van der Waals surface area contributed by atoms with E-state index in [1.807, 2.05) is 22.8 Å². The SMILES string of the molecule is CCn1[nH]cc(C2=NNNN2Cc2cccc(C)c2)c1=S. The van der Waals surface area contributed by atoms with Gasteiger partial charge in [0.2, 0.25) is 0 Å². The van der Waals surface area contributed by atoms with E-state index in [0.717, 1.165) is 22.6 Å². The molecule has 0 aliphatic carbocycles. The number of hydrogen-bond donors (Lipinski definition) is 3. The molecule has 110 valence electrons. The lowest BCUT2D eigenvalue weighted by Gasteiger charge is -2.18. The smallest absolute Gasteiger partial charge is 0.177 e. The highest BCUT2D eigenvalue weighted by Crippen LogP contribution is 2.13. The molecule has 0 saturated carbocycles. The minimum absolute atomic E-state index is 0.708. The van der Waals surface area contributed by atoms with Gasteiger partial charge in [0.15, 0.2) is 5.84 Å². The molecule has 3 N–H and O–H groups in total. The van der Waals surface area contributed by atoms with E-state index in [-0.39, 0.29) is 0 Å². The molecule has 1 aliphatic rings. The monoisotopic (exact) mass is 302 g/mol. The van der Waals surface area contributed by atoms with Gasteiger partial charge in [0.25, 0.3) is 0 Å². The normalized spacial score (nSPS) is 14.2. The average Bonchev–Trinajstić information content (AvgIpc) is 3.05. The van der Waals surface area contributed by atoms with Crippen molar-refractivity contribution in [3.05, 3.63) is 51.8 Å². The number of H-pyrrole nitrogens is 1. The lowest BCUT2D eigenvalue weighted by atomic mass is 10.1. The van der Waals surface area contributed by atoms with Gasteiger partial charge in [-0.2, -0.15) is 0 Å². The second-order valence-corrected chi connectivity index (χ2v) is 5.36. The lowest BCUT2D eigenvalue weighted by Crippen LogP contribution is -2.40. The largest absolute Gasteiger partial charge is 0.304 e. The van der Waals surface area contributed by atoms with Gasteiger partial charge in [0.05, 0.1) is 12.1 Å². The van der Waals surface area contributed by atoms with Crippen LogP contribution in [0.4, 0.5) is 0 Å². The number of aromatic nitrogens is 2. The van der Waals surface area contributed by atoms with Crippen molar-refractivity contribution in [3.63, 3.8) is 0 Å². The maximum absolute atomic E-state index is 5.47. The Labute approximate surface area is 128 Å². The van der Waals surface area contributed by atoms with Gasteiger partial charge in [-0.1, -0.05) is 42.0 Å². The Balaban J connectivity index is 1.85. The van der Waals surface area contributed by atoms with E-state index in [1.165, 1.54) is 11.1 Å². The second kappa shape index (κ2) is 5.71. The van der Waals surface area contributed by atoms with Crippen molar-refractivity contribution < 1.29 is 0 Å². The van der Waals surface area contributed by atoms with Crippen LogP contribution in [0.2, 0.25) is 0 Å². The third kappa shape index (κ3) is 2.70. The highest BCUT2D eigenvalue weighted by molar-refractivity contribution is 7.71. The molecule has 0 saturated heterocycles. The molecule has 0 unspecified atom stereocenters. The molecule has 1 aromatic heterocycles. The molecule has 1 aromatic carbocycles. The van der Waals surface area contributed by atoms with Crippen LogP contribution >= 0.6 is 12.2 Å².